The quantitative estimate of drug-likeness (QED) is 0.578. The average molecular weight is 397 g/mol. The van der Waals surface area contributed by atoms with Crippen LogP contribution in [0, 0.1) is 6.92 Å². The van der Waals surface area contributed by atoms with Crippen molar-refractivity contribution in [2.45, 2.75) is 69.3 Å². The Hall–Kier alpha value is -2.08. The number of fused-ring (bicyclic) bond motifs is 3. The molecular formula is C22H28N4OS. The summed E-state index contributed by atoms with van der Waals surface area (Å²) >= 11 is 1.51. The first kappa shape index (κ1) is 19.2. The summed E-state index contributed by atoms with van der Waals surface area (Å²) in [6.07, 6.45) is 6.03. The lowest BCUT2D eigenvalue weighted by atomic mass is 9.94. The van der Waals surface area contributed by atoms with Crippen LogP contribution >= 0.6 is 11.8 Å². The number of para-hydroxylation sites is 1. The molecule has 1 amide bonds. The van der Waals surface area contributed by atoms with Crippen molar-refractivity contribution in [3.8, 4) is 0 Å². The molecule has 1 aliphatic rings. The van der Waals surface area contributed by atoms with E-state index in [2.05, 4.69) is 51.5 Å². The van der Waals surface area contributed by atoms with Gasteiger partial charge in [0.15, 0.2) is 10.8 Å². The number of benzene rings is 1. The van der Waals surface area contributed by atoms with Crippen molar-refractivity contribution in [2.24, 2.45) is 0 Å². The van der Waals surface area contributed by atoms with Gasteiger partial charge in [0.1, 0.15) is 0 Å². The summed E-state index contributed by atoms with van der Waals surface area (Å²) in [4.78, 5) is 15.3. The van der Waals surface area contributed by atoms with Gasteiger partial charge in [0.25, 0.3) is 0 Å². The lowest BCUT2D eigenvalue weighted by Crippen LogP contribution is -2.44. The Bertz CT molecular complexity index is 993. The van der Waals surface area contributed by atoms with Crippen molar-refractivity contribution in [3.63, 3.8) is 0 Å². The van der Waals surface area contributed by atoms with Crippen molar-refractivity contribution >= 4 is 34.2 Å². The Labute approximate surface area is 170 Å². The van der Waals surface area contributed by atoms with Crippen molar-refractivity contribution < 1.29 is 4.79 Å². The molecule has 4 rings (SSSR count). The topological polar surface area (TPSA) is 50.5 Å². The van der Waals surface area contributed by atoms with Gasteiger partial charge in [-0.15, -0.1) is 10.2 Å². The minimum Gasteiger partial charge on any atom is -0.339 e. The molecule has 1 atom stereocenters. The fourth-order valence-corrected chi connectivity index (χ4v) is 5.32. The predicted molar refractivity (Wildman–Crippen MR) is 115 cm³/mol. The summed E-state index contributed by atoms with van der Waals surface area (Å²) in [5.41, 5.74) is 3.10. The predicted octanol–water partition coefficient (Wildman–Crippen LogP) is 4.85. The summed E-state index contributed by atoms with van der Waals surface area (Å²) in [6.45, 7) is 6.96. The van der Waals surface area contributed by atoms with Crippen LogP contribution < -0.4 is 0 Å². The number of nitrogens with zero attached hydrogens (tertiary/aromatic N) is 4. The third-order valence-corrected chi connectivity index (χ3v) is 6.87. The van der Waals surface area contributed by atoms with E-state index in [1.807, 2.05) is 19.1 Å². The molecule has 0 radical (unpaired) electrons. The number of hydrogen-bond acceptors (Lipinski definition) is 4. The molecule has 1 aromatic carbocycles. The normalized spacial score (nSPS) is 16.5. The molecule has 0 saturated heterocycles. The third-order valence-electron chi connectivity index (χ3n) is 5.84. The molecular weight excluding hydrogens is 368 g/mol. The maximum Gasteiger partial charge on any atom is 0.236 e. The summed E-state index contributed by atoms with van der Waals surface area (Å²) in [7, 11) is 0. The second kappa shape index (κ2) is 8.11. The van der Waals surface area contributed by atoms with Crippen LogP contribution in [0.5, 0.6) is 0 Å². The highest BCUT2D eigenvalue weighted by Crippen LogP contribution is 2.30. The Morgan fingerprint density at radius 3 is 2.75 bits per heavy atom. The number of carbonyl (C=O) groups excluding carboxylic acids is 1. The number of thioether (sulfide) groups is 1. The molecule has 148 valence electrons. The van der Waals surface area contributed by atoms with Gasteiger partial charge >= 0.3 is 0 Å². The molecule has 1 unspecified atom stereocenters. The lowest BCUT2D eigenvalue weighted by Gasteiger charge is -2.35. The molecule has 0 spiro atoms. The molecule has 0 N–H and O–H groups in total. The van der Waals surface area contributed by atoms with E-state index >= 15 is 0 Å². The second-order valence-corrected chi connectivity index (χ2v) is 9.00. The highest BCUT2D eigenvalue weighted by Gasteiger charge is 2.29. The number of hydrogen-bond donors (Lipinski definition) is 0. The van der Waals surface area contributed by atoms with Gasteiger partial charge in [-0.2, -0.15) is 0 Å². The summed E-state index contributed by atoms with van der Waals surface area (Å²) in [5.74, 6) is 0.215. The molecule has 1 fully saturated rings. The fraction of sp³-hybridized carbons (Fsp3) is 0.500. The smallest absolute Gasteiger partial charge is 0.236 e. The third kappa shape index (κ3) is 3.50. The van der Waals surface area contributed by atoms with Gasteiger partial charge in [0.2, 0.25) is 5.91 Å². The molecule has 1 aliphatic carbocycles. The van der Waals surface area contributed by atoms with E-state index in [-0.39, 0.29) is 11.2 Å². The van der Waals surface area contributed by atoms with Gasteiger partial charge < -0.3 is 4.90 Å². The van der Waals surface area contributed by atoms with E-state index in [0.717, 1.165) is 35.7 Å². The van der Waals surface area contributed by atoms with Crippen LogP contribution in [0.3, 0.4) is 0 Å². The average Bonchev–Trinajstić information content (AvgIpc) is 3.12. The van der Waals surface area contributed by atoms with Crippen LogP contribution in [-0.4, -0.2) is 43.2 Å². The number of aryl methyl sites for hydroxylation is 1. The molecule has 3 aromatic rings. The number of pyridine rings is 1. The molecule has 1 saturated carbocycles. The van der Waals surface area contributed by atoms with Crippen molar-refractivity contribution in [2.75, 3.05) is 6.54 Å². The van der Waals surface area contributed by atoms with Gasteiger partial charge in [-0.25, -0.2) is 0 Å². The molecule has 2 aromatic heterocycles. The minimum atomic E-state index is -0.186. The van der Waals surface area contributed by atoms with Gasteiger partial charge in [-0.05, 0) is 51.3 Å². The molecule has 5 nitrogen and oxygen atoms in total. The molecule has 28 heavy (non-hydrogen) atoms. The van der Waals surface area contributed by atoms with E-state index in [1.54, 1.807) is 0 Å². The van der Waals surface area contributed by atoms with E-state index in [1.165, 1.54) is 42.0 Å². The number of carbonyl (C=O) groups is 1. The van der Waals surface area contributed by atoms with Gasteiger partial charge in [-0.3, -0.25) is 9.20 Å². The van der Waals surface area contributed by atoms with Crippen LogP contribution in [0.2, 0.25) is 0 Å². The first-order valence-corrected chi connectivity index (χ1v) is 11.2. The van der Waals surface area contributed by atoms with Crippen molar-refractivity contribution in [1.29, 1.82) is 0 Å². The molecule has 2 heterocycles. The zero-order valence-electron chi connectivity index (χ0n) is 16.9. The SMILES string of the molecule is CCN(C(=O)C(C)Sc1nnc2cc(C)c3ccccc3n12)C1CCCCC1. The standard InChI is InChI=1S/C22H28N4OS/c1-4-25(17-10-6-5-7-11-17)21(27)16(3)28-22-24-23-20-14-15(2)18-12-8-9-13-19(18)26(20)22/h8-9,12-14,16-17H,4-7,10-11H2,1-3H3. The van der Waals surface area contributed by atoms with Crippen LogP contribution in [-0.2, 0) is 4.79 Å². The van der Waals surface area contributed by atoms with E-state index < -0.39 is 0 Å². The fourth-order valence-electron chi connectivity index (χ4n) is 4.38. The molecule has 0 bridgehead atoms. The zero-order chi connectivity index (χ0) is 19.7. The van der Waals surface area contributed by atoms with Crippen LogP contribution in [0.1, 0.15) is 51.5 Å². The van der Waals surface area contributed by atoms with Gasteiger partial charge in [0.05, 0.1) is 10.8 Å². The number of aromatic nitrogens is 3. The maximum atomic E-state index is 13.2. The van der Waals surface area contributed by atoms with Crippen LogP contribution in [0.4, 0.5) is 0 Å². The monoisotopic (exact) mass is 396 g/mol. The van der Waals surface area contributed by atoms with Crippen molar-refractivity contribution in [1.82, 2.24) is 19.5 Å². The van der Waals surface area contributed by atoms with E-state index in [0.29, 0.717) is 6.04 Å². The maximum absolute atomic E-state index is 13.2. The first-order valence-electron chi connectivity index (χ1n) is 10.3. The van der Waals surface area contributed by atoms with E-state index in [9.17, 15) is 4.79 Å². The second-order valence-electron chi connectivity index (χ2n) is 7.70. The van der Waals surface area contributed by atoms with Gasteiger partial charge in [-0.1, -0.05) is 49.2 Å². The number of amides is 1. The Morgan fingerprint density at radius 2 is 2.00 bits per heavy atom. The summed E-state index contributed by atoms with van der Waals surface area (Å²) < 4.78 is 2.08. The summed E-state index contributed by atoms with van der Waals surface area (Å²) in [5, 5.41) is 10.6. The highest BCUT2D eigenvalue weighted by molar-refractivity contribution is 8.00. The first-order chi connectivity index (χ1) is 13.6. The summed E-state index contributed by atoms with van der Waals surface area (Å²) in [6, 6.07) is 10.8. The largest absolute Gasteiger partial charge is 0.339 e. The van der Waals surface area contributed by atoms with Crippen LogP contribution in [0.25, 0.3) is 16.6 Å². The Balaban J connectivity index is 1.62. The Kier molecular flexibility index (Phi) is 5.58. The van der Waals surface area contributed by atoms with E-state index in [4.69, 9.17) is 0 Å². The minimum absolute atomic E-state index is 0.186. The molecule has 6 heteroatoms. The van der Waals surface area contributed by atoms with Crippen molar-refractivity contribution in [3.05, 3.63) is 35.9 Å². The Morgan fingerprint density at radius 1 is 1.25 bits per heavy atom. The highest BCUT2D eigenvalue weighted by atomic mass is 32.2. The zero-order valence-corrected chi connectivity index (χ0v) is 17.7. The lowest BCUT2D eigenvalue weighted by molar-refractivity contribution is -0.133. The molecule has 0 aliphatic heterocycles. The van der Waals surface area contributed by atoms with Crippen LogP contribution in [0.15, 0.2) is 35.5 Å². The number of rotatable bonds is 5. The van der Waals surface area contributed by atoms with Gasteiger partial charge in [0, 0.05) is 18.0 Å².